The fourth-order valence-electron chi connectivity index (χ4n) is 1.51. The molecule has 1 heterocycles. The third kappa shape index (κ3) is 3.04. The van der Waals surface area contributed by atoms with E-state index in [0.717, 1.165) is 5.56 Å². The van der Waals surface area contributed by atoms with Gasteiger partial charge in [-0.05, 0) is 19.1 Å². The van der Waals surface area contributed by atoms with E-state index in [1.165, 1.54) is 6.08 Å². The molecule has 0 amide bonds. The number of pyridine rings is 1. The van der Waals surface area contributed by atoms with Gasteiger partial charge in [0, 0.05) is 30.2 Å². The average Bonchev–Trinajstić information content (AvgIpc) is 2.38. The Bertz CT molecular complexity index is 616. The van der Waals surface area contributed by atoms with Crippen molar-refractivity contribution in [3.8, 4) is 0 Å². The van der Waals surface area contributed by atoms with E-state index in [-0.39, 0.29) is 5.78 Å². The molecule has 90 valence electrons. The predicted octanol–water partition coefficient (Wildman–Crippen LogP) is 2.63. The van der Waals surface area contributed by atoms with E-state index < -0.39 is 0 Å². The van der Waals surface area contributed by atoms with Gasteiger partial charge in [-0.3, -0.25) is 4.79 Å². The minimum Gasteiger partial charge on any atom is -0.330 e. The minimum atomic E-state index is -0.0301. The highest BCUT2D eigenvalue weighted by Gasteiger charge is 1.99. The Morgan fingerprint density at radius 3 is 2.33 bits per heavy atom. The van der Waals surface area contributed by atoms with Crippen LogP contribution in [0.25, 0.3) is 6.20 Å². The maximum atomic E-state index is 11.9. The van der Waals surface area contributed by atoms with E-state index in [9.17, 15) is 4.79 Å². The molecule has 1 N–H and O–H groups in total. The second kappa shape index (κ2) is 5.27. The molecule has 0 aliphatic rings. The number of aromatic nitrogens is 1. The van der Waals surface area contributed by atoms with Crippen LogP contribution >= 0.6 is 0 Å². The van der Waals surface area contributed by atoms with E-state index in [1.807, 2.05) is 31.2 Å². The number of hydrogen-bond acceptors (Lipinski definition) is 2. The minimum absolute atomic E-state index is 0.0301. The molecule has 0 aliphatic carbocycles. The fraction of sp³-hybridized carbons (Fsp3) is 0.0667. The van der Waals surface area contributed by atoms with Gasteiger partial charge in [-0.2, -0.15) is 0 Å². The molecular formula is C15H14N2O. The van der Waals surface area contributed by atoms with Crippen molar-refractivity contribution in [2.75, 3.05) is 0 Å². The Hall–Kier alpha value is -2.42. The van der Waals surface area contributed by atoms with Gasteiger partial charge in [-0.15, -0.1) is 0 Å². The Morgan fingerprint density at radius 1 is 1.11 bits per heavy atom. The van der Waals surface area contributed by atoms with Crippen molar-refractivity contribution in [1.82, 2.24) is 4.57 Å². The lowest BCUT2D eigenvalue weighted by Crippen LogP contribution is -2.00. The molecule has 0 spiro atoms. The van der Waals surface area contributed by atoms with Crippen LogP contribution < -0.4 is 5.36 Å². The molecule has 2 aromatic rings. The van der Waals surface area contributed by atoms with Gasteiger partial charge in [0.25, 0.3) is 0 Å². The number of rotatable bonds is 3. The largest absolute Gasteiger partial charge is 0.330 e. The molecule has 0 saturated carbocycles. The normalized spacial score (nSPS) is 10.7. The van der Waals surface area contributed by atoms with Gasteiger partial charge in [0.05, 0.1) is 5.36 Å². The number of carbonyl (C=O) groups is 1. The number of carbonyl (C=O) groups excluding carboxylic acids is 1. The zero-order chi connectivity index (χ0) is 13.0. The molecule has 3 nitrogen and oxygen atoms in total. The Kier molecular flexibility index (Phi) is 3.53. The monoisotopic (exact) mass is 238 g/mol. The Labute approximate surface area is 106 Å². The summed E-state index contributed by atoms with van der Waals surface area (Å²) in [5, 5.41) is 7.81. The number of benzene rings is 1. The molecule has 0 atom stereocenters. The molecule has 1 aromatic carbocycles. The van der Waals surface area contributed by atoms with E-state index in [1.54, 1.807) is 35.3 Å². The SMILES string of the molecule is Cc1ccc(C(=O)/C=C/n2ccc(=N)cc2)cc1. The van der Waals surface area contributed by atoms with Gasteiger partial charge in [0.15, 0.2) is 5.78 Å². The topological polar surface area (TPSA) is 45.9 Å². The lowest BCUT2D eigenvalue weighted by atomic mass is 10.1. The predicted molar refractivity (Wildman–Crippen MR) is 71.1 cm³/mol. The summed E-state index contributed by atoms with van der Waals surface area (Å²) in [5.41, 5.74) is 1.81. The van der Waals surface area contributed by atoms with Gasteiger partial charge >= 0.3 is 0 Å². The second-order valence-electron chi connectivity index (χ2n) is 4.08. The van der Waals surface area contributed by atoms with Crippen molar-refractivity contribution in [2.24, 2.45) is 0 Å². The highest BCUT2D eigenvalue weighted by molar-refractivity contribution is 6.06. The van der Waals surface area contributed by atoms with Gasteiger partial charge in [-0.1, -0.05) is 29.8 Å². The first kappa shape index (κ1) is 12.0. The summed E-state index contributed by atoms with van der Waals surface area (Å²) in [7, 11) is 0. The first-order valence-electron chi connectivity index (χ1n) is 5.67. The molecule has 0 saturated heterocycles. The number of hydrogen-bond donors (Lipinski definition) is 1. The fourth-order valence-corrected chi connectivity index (χ4v) is 1.51. The summed E-state index contributed by atoms with van der Waals surface area (Å²) < 4.78 is 1.74. The first-order chi connectivity index (χ1) is 8.65. The molecule has 0 bridgehead atoms. The lowest BCUT2D eigenvalue weighted by molar-refractivity contribution is 0.104. The standard InChI is InChI=1S/C15H14N2O/c1-12-2-4-13(5-3-12)15(18)8-11-17-9-6-14(16)7-10-17/h2-11,16H,1H3/b11-8+. The van der Waals surface area contributed by atoms with Crippen LogP contribution in [0.2, 0.25) is 0 Å². The van der Waals surface area contributed by atoms with E-state index in [4.69, 9.17) is 5.41 Å². The first-order valence-corrected chi connectivity index (χ1v) is 5.67. The molecule has 0 aliphatic heterocycles. The number of allylic oxidation sites excluding steroid dienone is 1. The smallest absolute Gasteiger partial charge is 0.187 e. The van der Waals surface area contributed by atoms with Crippen LogP contribution in [0.5, 0.6) is 0 Å². The molecular weight excluding hydrogens is 224 g/mol. The van der Waals surface area contributed by atoms with Crippen LogP contribution in [0.3, 0.4) is 0 Å². The van der Waals surface area contributed by atoms with Crippen molar-refractivity contribution in [3.05, 3.63) is 71.4 Å². The summed E-state index contributed by atoms with van der Waals surface area (Å²) in [4.78, 5) is 11.9. The molecule has 0 radical (unpaired) electrons. The third-order valence-electron chi connectivity index (χ3n) is 2.59. The molecule has 1 aromatic heterocycles. The van der Waals surface area contributed by atoms with Crippen molar-refractivity contribution in [3.63, 3.8) is 0 Å². The molecule has 3 heteroatoms. The quantitative estimate of drug-likeness (QED) is 0.648. The highest BCUT2D eigenvalue weighted by Crippen LogP contribution is 2.05. The average molecular weight is 238 g/mol. The molecule has 18 heavy (non-hydrogen) atoms. The zero-order valence-corrected chi connectivity index (χ0v) is 10.1. The van der Waals surface area contributed by atoms with Crippen LogP contribution in [0, 0.1) is 12.3 Å². The third-order valence-corrected chi connectivity index (χ3v) is 2.59. The van der Waals surface area contributed by atoms with Crippen LogP contribution in [-0.4, -0.2) is 10.4 Å². The number of aryl methyl sites for hydroxylation is 1. The number of nitrogens with zero attached hydrogens (tertiary/aromatic N) is 1. The molecule has 0 unspecified atom stereocenters. The summed E-state index contributed by atoms with van der Waals surface area (Å²) in [6.45, 7) is 1.99. The molecule has 0 fully saturated rings. The second-order valence-corrected chi connectivity index (χ2v) is 4.08. The summed E-state index contributed by atoms with van der Waals surface area (Å²) in [6.07, 6.45) is 6.68. The van der Waals surface area contributed by atoms with Crippen LogP contribution in [0.4, 0.5) is 0 Å². The Morgan fingerprint density at radius 2 is 1.72 bits per heavy atom. The van der Waals surface area contributed by atoms with Crippen LogP contribution in [0.15, 0.2) is 54.9 Å². The van der Waals surface area contributed by atoms with Crippen molar-refractivity contribution in [2.45, 2.75) is 6.92 Å². The highest BCUT2D eigenvalue weighted by atomic mass is 16.1. The molecule has 2 rings (SSSR count). The maximum Gasteiger partial charge on any atom is 0.187 e. The van der Waals surface area contributed by atoms with Gasteiger partial charge < -0.3 is 9.98 Å². The summed E-state index contributed by atoms with van der Waals surface area (Å²) in [5.74, 6) is -0.0301. The van der Waals surface area contributed by atoms with E-state index in [2.05, 4.69) is 0 Å². The van der Waals surface area contributed by atoms with Crippen molar-refractivity contribution < 1.29 is 4.79 Å². The van der Waals surface area contributed by atoms with Crippen LogP contribution in [0.1, 0.15) is 15.9 Å². The maximum absolute atomic E-state index is 11.9. The van der Waals surface area contributed by atoms with Gasteiger partial charge in [-0.25, -0.2) is 0 Å². The number of nitrogens with one attached hydrogen (secondary N) is 1. The summed E-state index contributed by atoms with van der Waals surface area (Å²) >= 11 is 0. The summed E-state index contributed by atoms with van der Waals surface area (Å²) in [6, 6.07) is 10.8. The van der Waals surface area contributed by atoms with Gasteiger partial charge in [0.1, 0.15) is 0 Å². The van der Waals surface area contributed by atoms with Gasteiger partial charge in [0.2, 0.25) is 0 Å². The zero-order valence-electron chi connectivity index (χ0n) is 10.1. The van der Waals surface area contributed by atoms with Crippen molar-refractivity contribution >= 4 is 12.0 Å². The Balaban J connectivity index is 2.14. The van der Waals surface area contributed by atoms with E-state index in [0.29, 0.717) is 10.9 Å². The number of ketones is 1. The lowest BCUT2D eigenvalue weighted by Gasteiger charge is -1.99. The van der Waals surface area contributed by atoms with Crippen molar-refractivity contribution in [1.29, 1.82) is 5.41 Å². The van der Waals surface area contributed by atoms with Crippen LogP contribution in [-0.2, 0) is 0 Å². The van der Waals surface area contributed by atoms with E-state index >= 15 is 0 Å².